The van der Waals surface area contributed by atoms with Gasteiger partial charge in [-0.3, -0.25) is 9.20 Å². The minimum atomic E-state index is -0.272. The smallest absolute Gasteiger partial charge is 0.226 e. The van der Waals surface area contributed by atoms with Gasteiger partial charge in [0.15, 0.2) is 4.96 Å². The third-order valence-electron chi connectivity index (χ3n) is 4.38. The zero-order chi connectivity index (χ0) is 18.8. The molecular formula is C21H18FN3OS. The summed E-state index contributed by atoms with van der Waals surface area (Å²) in [7, 11) is 0. The molecule has 136 valence electrons. The summed E-state index contributed by atoms with van der Waals surface area (Å²) in [5, 5.41) is 4.90. The molecule has 2 aromatic heterocycles. The minimum absolute atomic E-state index is 0.0349. The molecule has 0 fully saturated rings. The Balaban J connectivity index is 1.46. The molecule has 0 unspecified atom stereocenters. The summed E-state index contributed by atoms with van der Waals surface area (Å²) in [5.74, 6) is -0.307. The summed E-state index contributed by atoms with van der Waals surface area (Å²) >= 11 is 1.49. The number of imidazole rings is 1. The molecule has 27 heavy (non-hydrogen) atoms. The second kappa shape index (κ2) is 7.32. The highest BCUT2D eigenvalue weighted by Crippen LogP contribution is 2.24. The summed E-state index contributed by atoms with van der Waals surface area (Å²) in [6.45, 7) is 2.55. The van der Waals surface area contributed by atoms with E-state index in [9.17, 15) is 9.18 Å². The van der Waals surface area contributed by atoms with Crippen LogP contribution in [0.25, 0.3) is 16.2 Å². The van der Waals surface area contributed by atoms with Crippen LogP contribution in [0.15, 0.2) is 60.1 Å². The van der Waals surface area contributed by atoms with Crippen LogP contribution in [0.4, 0.5) is 4.39 Å². The van der Waals surface area contributed by atoms with Crippen LogP contribution >= 0.6 is 11.3 Å². The predicted octanol–water partition coefficient (Wildman–Crippen LogP) is 4.37. The van der Waals surface area contributed by atoms with Crippen LogP contribution in [0.5, 0.6) is 0 Å². The largest absolute Gasteiger partial charge is 0.352 e. The van der Waals surface area contributed by atoms with Crippen molar-refractivity contribution in [2.75, 3.05) is 0 Å². The van der Waals surface area contributed by atoms with Crippen molar-refractivity contribution in [3.63, 3.8) is 0 Å². The summed E-state index contributed by atoms with van der Waals surface area (Å²) in [6.07, 6.45) is 2.17. The molecule has 0 atom stereocenters. The van der Waals surface area contributed by atoms with Gasteiger partial charge in [0.05, 0.1) is 12.1 Å². The van der Waals surface area contributed by atoms with Gasteiger partial charge in [0, 0.05) is 29.4 Å². The molecule has 2 aromatic carbocycles. The first-order valence-corrected chi connectivity index (χ1v) is 9.50. The number of rotatable bonds is 5. The molecule has 1 amide bonds. The number of nitrogens with one attached hydrogen (secondary N) is 1. The second-order valence-electron chi connectivity index (χ2n) is 6.45. The van der Waals surface area contributed by atoms with E-state index in [1.807, 2.05) is 47.2 Å². The third kappa shape index (κ3) is 3.90. The first-order chi connectivity index (χ1) is 13.1. The number of halogens is 1. The van der Waals surface area contributed by atoms with E-state index in [0.717, 1.165) is 27.5 Å². The van der Waals surface area contributed by atoms with Crippen molar-refractivity contribution >= 4 is 22.2 Å². The molecule has 2 heterocycles. The normalized spacial score (nSPS) is 11.0. The number of amides is 1. The van der Waals surface area contributed by atoms with Gasteiger partial charge in [0.25, 0.3) is 0 Å². The standard InChI is InChI=1S/C21H18FN3OS/c1-14-2-4-15(5-3-14)11-23-20(26)10-18-13-27-21-24-19(12-25(18)21)16-6-8-17(22)9-7-16/h2-9,12-13H,10-11H2,1H3,(H,23,26). The highest BCUT2D eigenvalue weighted by Gasteiger charge is 2.12. The Morgan fingerprint density at radius 2 is 1.89 bits per heavy atom. The molecular weight excluding hydrogens is 361 g/mol. The lowest BCUT2D eigenvalue weighted by atomic mass is 10.1. The molecule has 4 aromatic rings. The Kier molecular flexibility index (Phi) is 4.73. The number of aromatic nitrogens is 2. The van der Waals surface area contributed by atoms with Crippen molar-refractivity contribution in [1.29, 1.82) is 0 Å². The van der Waals surface area contributed by atoms with Crippen molar-refractivity contribution < 1.29 is 9.18 Å². The molecule has 0 bridgehead atoms. The van der Waals surface area contributed by atoms with E-state index in [0.29, 0.717) is 6.54 Å². The maximum Gasteiger partial charge on any atom is 0.226 e. The van der Waals surface area contributed by atoms with E-state index in [4.69, 9.17) is 0 Å². The average Bonchev–Trinajstić information content (AvgIpc) is 3.24. The number of hydrogen-bond acceptors (Lipinski definition) is 3. The summed E-state index contributed by atoms with van der Waals surface area (Å²) < 4.78 is 15.0. The van der Waals surface area contributed by atoms with E-state index in [-0.39, 0.29) is 18.1 Å². The highest BCUT2D eigenvalue weighted by atomic mass is 32.1. The number of thiazole rings is 1. The first-order valence-electron chi connectivity index (χ1n) is 8.62. The van der Waals surface area contributed by atoms with Crippen LogP contribution in [0, 0.1) is 12.7 Å². The highest BCUT2D eigenvalue weighted by molar-refractivity contribution is 7.15. The topological polar surface area (TPSA) is 46.4 Å². The fourth-order valence-electron chi connectivity index (χ4n) is 2.85. The van der Waals surface area contributed by atoms with E-state index in [2.05, 4.69) is 10.3 Å². The molecule has 6 heteroatoms. The summed E-state index contributed by atoms with van der Waals surface area (Å²) in [6, 6.07) is 14.3. The van der Waals surface area contributed by atoms with E-state index < -0.39 is 0 Å². The lowest BCUT2D eigenvalue weighted by Crippen LogP contribution is -2.24. The van der Waals surface area contributed by atoms with Crippen molar-refractivity contribution in [1.82, 2.24) is 14.7 Å². The quantitative estimate of drug-likeness (QED) is 0.560. The Labute approximate surface area is 160 Å². The third-order valence-corrected chi connectivity index (χ3v) is 5.26. The molecule has 0 saturated carbocycles. The Bertz CT molecular complexity index is 1080. The SMILES string of the molecule is Cc1ccc(CNC(=O)Cc2csc3nc(-c4ccc(F)cc4)cn23)cc1. The number of benzene rings is 2. The molecule has 4 nitrogen and oxygen atoms in total. The van der Waals surface area contributed by atoms with E-state index in [1.165, 1.54) is 29.0 Å². The van der Waals surface area contributed by atoms with Crippen LogP contribution in [0.2, 0.25) is 0 Å². The Morgan fingerprint density at radius 3 is 2.63 bits per heavy atom. The van der Waals surface area contributed by atoms with E-state index in [1.54, 1.807) is 12.1 Å². The fraction of sp³-hybridized carbons (Fsp3) is 0.143. The zero-order valence-corrected chi connectivity index (χ0v) is 15.6. The Morgan fingerprint density at radius 1 is 1.15 bits per heavy atom. The van der Waals surface area contributed by atoms with Gasteiger partial charge in [-0.15, -0.1) is 11.3 Å². The van der Waals surface area contributed by atoms with Crippen LogP contribution in [-0.4, -0.2) is 15.3 Å². The van der Waals surface area contributed by atoms with Gasteiger partial charge in [0.1, 0.15) is 5.82 Å². The van der Waals surface area contributed by atoms with Crippen LogP contribution in [-0.2, 0) is 17.8 Å². The zero-order valence-electron chi connectivity index (χ0n) is 14.8. The van der Waals surface area contributed by atoms with Gasteiger partial charge < -0.3 is 5.32 Å². The maximum atomic E-state index is 13.1. The first kappa shape index (κ1) is 17.4. The van der Waals surface area contributed by atoms with E-state index >= 15 is 0 Å². The number of carbonyl (C=O) groups is 1. The summed E-state index contributed by atoms with van der Waals surface area (Å²) in [4.78, 5) is 17.7. The molecule has 0 radical (unpaired) electrons. The number of carbonyl (C=O) groups excluding carboxylic acids is 1. The van der Waals surface area contributed by atoms with Gasteiger partial charge in [-0.1, -0.05) is 29.8 Å². The summed E-state index contributed by atoms with van der Waals surface area (Å²) in [5.41, 5.74) is 4.77. The lowest BCUT2D eigenvalue weighted by Gasteiger charge is -2.05. The molecule has 0 aliphatic rings. The van der Waals surface area contributed by atoms with Crippen molar-refractivity contribution in [2.24, 2.45) is 0 Å². The maximum absolute atomic E-state index is 13.1. The van der Waals surface area contributed by atoms with Gasteiger partial charge in [-0.25, -0.2) is 9.37 Å². The lowest BCUT2D eigenvalue weighted by molar-refractivity contribution is -0.120. The second-order valence-corrected chi connectivity index (χ2v) is 7.29. The predicted molar refractivity (Wildman–Crippen MR) is 105 cm³/mol. The van der Waals surface area contributed by atoms with Crippen LogP contribution in [0.1, 0.15) is 16.8 Å². The molecule has 0 saturated heterocycles. The monoisotopic (exact) mass is 379 g/mol. The molecule has 1 N–H and O–H groups in total. The number of aryl methyl sites for hydroxylation is 1. The molecule has 4 rings (SSSR count). The van der Waals surface area contributed by atoms with Crippen LogP contribution < -0.4 is 5.32 Å². The van der Waals surface area contributed by atoms with Gasteiger partial charge in [0.2, 0.25) is 5.91 Å². The van der Waals surface area contributed by atoms with Gasteiger partial charge in [-0.05, 0) is 36.8 Å². The fourth-order valence-corrected chi connectivity index (χ4v) is 3.72. The average molecular weight is 379 g/mol. The van der Waals surface area contributed by atoms with Crippen molar-refractivity contribution in [2.45, 2.75) is 19.9 Å². The molecule has 0 aliphatic heterocycles. The number of nitrogens with zero attached hydrogens (tertiary/aromatic N) is 2. The van der Waals surface area contributed by atoms with Crippen molar-refractivity contribution in [3.8, 4) is 11.3 Å². The molecule has 0 aliphatic carbocycles. The molecule has 0 spiro atoms. The van der Waals surface area contributed by atoms with Crippen molar-refractivity contribution in [3.05, 3.63) is 82.7 Å². The minimum Gasteiger partial charge on any atom is -0.352 e. The number of fused-ring (bicyclic) bond motifs is 1. The number of hydrogen-bond donors (Lipinski definition) is 1. The Hall–Kier alpha value is -2.99. The van der Waals surface area contributed by atoms with Crippen LogP contribution in [0.3, 0.4) is 0 Å². The van der Waals surface area contributed by atoms with Gasteiger partial charge in [-0.2, -0.15) is 0 Å². The van der Waals surface area contributed by atoms with Gasteiger partial charge >= 0.3 is 0 Å².